The monoisotopic (exact) mass is 358 g/mol. The molecule has 1 N–H and O–H groups in total. The van der Waals surface area contributed by atoms with Crippen LogP contribution in [0.2, 0.25) is 0 Å². The molecule has 4 rings (SSSR count). The van der Waals surface area contributed by atoms with Crippen LogP contribution >= 0.6 is 0 Å². The molecule has 144 valence electrons. The molecular formula is C21H34N4O. The smallest absolute Gasteiger partial charge is 0.221 e. The van der Waals surface area contributed by atoms with Crippen LogP contribution in [-0.4, -0.2) is 46.0 Å². The number of rotatable bonds is 7. The van der Waals surface area contributed by atoms with E-state index in [1.165, 1.54) is 63.6 Å². The molecule has 1 unspecified atom stereocenters. The van der Waals surface area contributed by atoms with Crippen molar-refractivity contribution in [2.75, 3.05) is 19.6 Å². The Morgan fingerprint density at radius 3 is 2.77 bits per heavy atom. The summed E-state index contributed by atoms with van der Waals surface area (Å²) in [6.07, 6.45) is 16.2. The zero-order valence-corrected chi connectivity index (χ0v) is 16.0. The van der Waals surface area contributed by atoms with Crippen molar-refractivity contribution in [2.24, 2.45) is 5.92 Å². The van der Waals surface area contributed by atoms with E-state index in [2.05, 4.69) is 26.0 Å². The highest BCUT2D eigenvalue weighted by Crippen LogP contribution is 2.33. The number of amides is 1. The highest BCUT2D eigenvalue weighted by atomic mass is 16.1. The molecule has 3 fully saturated rings. The van der Waals surface area contributed by atoms with Crippen molar-refractivity contribution in [2.45, 2.75) is 82.7 Å². The van der Waals surface area contributed by atoms with Crippen LogP contribution in [0.15, 0.2) is 12.4 Å². The van der Waals surface area contributed by atoms with Crippen molar-refractivity contribution in [1.29, 1.82) is 0 Å². The minimum Gasteiger partial charge on any atom is -0.353 e. The summed E-state index contributed by atoms with van der Waals surface area (Å²) in [6, 6.07) is 0.431. The van der Waals surface area contributed by atoms with E-state index in [1.54, 1.807) is 0 Å². The lowest BCUT2D eigenvalue weighted by molar-refractivity contribution is -0.122. The number of aromatic nitrogens is 2. The van der Waals surface area contributed by atoms with Gasteiger partial charge in [-0.25, -0.2) is 4.98 Å². The van der Waals surface area contributed by atoms with Crippen LogP contribution in [-0.2, 0) is 11.3 Å². The maximum Gasteiger partial charge on any atom is 0.221 e. The van der Waals surface area contributed by atoms with Gasteiger partial charge in [0.15, 0.2) is 0 Å². The number of hydrogen-bond donors (Lipinski definition) is 1. The first kappa shape index (κ1) is 18.0. The molecule has 5 heteroatoms. The molecule has 3 aliphatic rings. The molecular weight excluding hydrogens is 324 g/mol. The summed E-state index contributed by atoms with van der Waals surface area (Å²) in [4.78, 5) is 19.5. The summed E-state index contributed by atoms with van der Waals surface area (Å²) in [5, 5.41) is 3.25. The van der Waals surface area contributed by atoms with Gasteiger partial charge in [0.1, 0.15) is 5.82 Å². The van der Waals surface area contributed by atoms with Crippen molar-refractivity contribution in [3.63, 3.8) is 0 Å². The third kappa shape index (κ3) is 4.87. The normalized spacial score (nSPS) is 25.3. The van der Waals surface area contributed by atoms with Gasteiger partial charge in [-0.3, -0.25) is 4.79 Å². The second kappa shape index (κ2) is 8.55. The minimum atomic E-state index is 0.245. The Morgan fingerprint density at radius 1 is 1.12 bits per heavy atom. The third-order valence-corrected chi connectivity index (χ3v) is 6.40. The molecule has 2 saturated carbocycles. The number of likely N-dealkylation sites (tertiary alicyclic amines) is 1. The molecule has 1 atom stereocenters. The first-order valence-corrected chi connectivity index (χ1v) is 10.8. The van der Waals surface area contributed by atoms with Crippen LogP contribution in [0, 0.1) is 5.92 Å². The van der Waals surface area contributed by atoms with Crippen LogP contribution in [0.1, 0.15) is 76.0 Å². The highest BCUT2D eigenvalue weighted by molar-refractivity contribution is 5.76. The maximum atomic E-state index is 12.3. The predicted octanol–water partition coefficient (Wildman–Crippen LogP) is 3.31. The van der Waals surface area contributed by atoms with Crippen molar-refractivity contribution in [3.8, 4) is 0 Å². The molecule has 1 saturated heterocycles. The Balaban J connectivity index is 1.24. The molecule has 2 heterocycles. The van der Waals surface area contributed by atoms with Crippen LogP contribution in [0.5, 0.6) is 0 Å². The standard InChI is InChI=1S/C21H34N4O/c26-20(23-19-6-2-1-3-7-19)10-13-24-12-4-5-18(16-24)21-22-11-14-25(21)15-17-8-9-17/h11,14,17-19H,1-10,12-13,15-16H2,(H,23,26). The lowest BCUT2D eigenvalue weighted by Crippen LogP contribution is -2.40. The van der Waals surface area contributed by atoms with Crippen molar-refractivity contribution < 1.29 is 4.79 Å². The molecule has 5 nitrogen and oxygen atoms in total. The van der Waals surface area contributed by atoms with E-state index in [-0.39, 0.29) is 5.91 Å². The molecule has 1 aliphatic heterocycles. The van der Waals surface area contributed by atoms with Gasteiger partial charge < -0.3 is 14.8 Å². The van der Waals surface area contributed by atoms with E-state index in [0.717, 1.165) is 32.1 Å². The largest absolute Gasteiger partial charge is 0.353 e. The molecule has 1 amide bonds. The SMILES string of the molecule is O=C(CCN1CCCC(c2nccn2CC2CC2)C1)NC1CCCCC1. The van der Waals surface area contributed by atoms with E-state index in [0.29, 0.717) is 18.4 Å². The molecule has 0 spiro atoms. The number of carbonyl (C=O) groups is 1. The molecule has 0 radical (unpaired) electrons. The van der Waals surface area contributed by atoms with E-state index >= 15 is 0 Å². The Labute approximate surface area is 157 Å². The maximum absolute atomic E-state index is 12.3. The highest BCUT2D eigenvalue weighted by Gasteiger charge is 2.28. The van der Waals surface area contributed by atoms with Gasteiger partial charge in [0.25, 0.3) is 0 Å². The van der Waals surface area contributed by atoms with Gasteiger partial charge >= 0.3 is 0 Å². The average molecular weight is 359 g/mol. The fraction of sp³-hybridized carbons (Fsp3) is 0.810. The van der Waals surface area contributed by atoms with Crippen LogP contribution in [0.3, 0.4) is 0 Å². The lowest BCUT2D eigenvalue weighted by Gasteiger charge is -2.32. The second-order valence-electron chi connectivity index (χ2n) is 8.67. The van der Waals surface area contributed by atoms with Crippen LogP contribution < -0.4 is 5.32 Å². The summed E-state index contributed by atoms with van der Waals surface area (Å²) in [5.74, 6) is 2.92. The lowest BCUT2D eigenvalue weighted by atomic mass is 9.95. The van der Waals surface area contributed by atoms with E-state index in [1.807, 2.05) is 6.20 Å². The van der Waals surface area contributed by atoms with Gasteiger partial charge in [-0.05, 0) is 51.0 Å². The van der Waals surface area contributed by atoms with Gasteiger partial charge in [0.05, 0.1) is 0 Å². The Morgan fingerprint density at radius 2 is 1.96 bits per heavy atom. The number of nitrogens with zero attached hydrogens (tertiary/aromatic N) is 3. The van der Waals surface area contributed by atoms with E-state index in [9.17, 15) is 4.79 Å². The van der Waals surface area contributed by atoms with Crippen molar-refractivity contribution in [3.05, 3.63) is 18.2 Å². The number of imidazole rings is 1. The first-order valence-electron chi connectivity index (χ1n) is 10.8. The summed E-state index contributed by atoms with van der Waals surface area (Å²) in [7, 11) is 0. The Hall–Kier alpha value is -1.36. The van der Waals surface area contributed by atoms with Crippen LogP contribution in [0.4, 0.5) is 0 Å². The first-order chi connectivity index (χ1) is 12.8. The molecule has 0 bridgehead atoms. The Bertz CT molecular complexity index is 589. The average Bonchev–Trinajstić information content (AvgIpc) is 3.36. The fourth-order valence-electron chi connectivity index (χ4n) is 4.69. The summed E-state index contributed by atoms with van der Waals surface area (Å²) in [5.41, 5.74) is 0. The second-order valence-corrected chi connectivity index (χ2v) is 8.67. The topological polar surface area (TPSA) is 50.2 Å². The fourth-order valence-corrected chi connectivity index (χ4v) is 4.69. The molecule has 2 aliphatic carbocycles. The number of piperidine rings is 1. The minimum absolute atomic E-state index is 0.245. The van der Waals surface area contributed by atoms with Gasteiger partial charge in [0, 0.05) is 50.4 Å². The number of hydrogen-bond acceptors (Lipinski definition) is 3. The van der Waals surface area contributed by atoms with Crippen molar-refractivity contribution in [1.82, 2.24) is 19.8 Å². The van der Waals surface area contributed by atoms with E-state index < -0.39 is 0 Å². The molecule has 1 aromatic rings. The number of carbonyl (C=O) groups excluding carboxylic acids is 1. The van der Waals surface area contributed by atoms with Gasteiger partial charge in [-0.1, -0.05) is 19.3 Å². The predicted molar refractivity (Wildman–Crippen MR) is 103 cm³/mol. The third-order valence-electron chi connectivity index (χ3n) is 6.40. The van der Waals surface area contributed by atoms with Gasteiger partial charge in [-0.2, -0.15) is 0 Å². The zero-order chi connectivity index (χ0) is 17.8. The van der Waals surface area contributed by atoms with Gasteiger partial charge in [-0.15, -0.1) is 0 Å². The van der Waals surface area contributed by atoms with Crippen LogP contribution in [0.25, 0.3) is 0 Å². The summed E-state index contributed by atoms with van der Waals surface area (Å²) in [6.45, 7) is 4.21. The summed E-state index contributed by atoms with van der Waals surface area (Å²) < 4.78 is 2.39. The number of nitrogens with one attached hydrogen (secondary N) is 1. The molecule has 0 aromatic carbocycles. The molecule has 1 aromatic heterocycles. The Kier molecular flexibility index (Phi) is 5.93. The van der Waals surface area contributed by atoms with Gasteiger partial charge in [0.2, 0.25) is 5.91 Å². The zero-order valence-electron chi connectivity index (χ0n) is 16.0. The van der Waals surface area contributed by atoms with Crippen molar-refractivity contribution >= 4 is 5.91 Å². The summed E-state index contributed by atoms with van der Waals surface area (Å²) >= 11 is 0. The van der Waals surface area contributed by atoms with E-state index in [4.69, 9.17) is 0 Å². The quantitative estimate of drug-likeness (QED) is 0.813. The molecule has 26 heavy (non-hydrogen) atoms.